The van der Waals surface area contributed by atoms with E-state index in [9.17, 15) is 48.6 Å². The van der Waals surface area contributed by atoms with Crippen molar-refractivity contribution in [2.75, 3.05) is 64.0 Å². The van der Waals surface area contributed by atoms with Gasteiger partial charge in [-0.3, -0.25) is 48.6 Å². The van der Waals surface area contributed by atoms with Crippen molar-refractivity contribution in [3.63, 3.8) is 0 Å². The molecule has 25 heteroatoms. The number of hydrogen-bond donors (Lipinski definition) is 12. The van der Waals surface area contributed by atoms with Crippen molar-refractivity contribution in [1.82, 2.24) is 31.1 Å². The molecule has 5 rings (SSSR count). The monoisotopic (exact) mass is 1100 g/mol. The summed E-state index contributed by atoms with van der Waals surface area (Å²) in [6, 6.07) is 26.0. The summed E-state index contributed by atoms with van der Waals surface area (Å²) in [4.78, 5) is 118. The number of pyridine rings is 1. The molecule has 1 aromatic heterocycles. The molecule has 0 aliphatic heterocycles. The second kappa shape index (κ2) is 31.2. The molecule has 5 aromatic rings. The Labute approximate surface area is 462 Å². The Bertz CT molecular complexity index is 2810. The van der Waals surface area contributed by atoms with Crippen molar-refractivity contribution in [3.05, 3.63) is 114 Å². The van der Waals surface area contributed by atoms with Crippen molar-refractivity contribution in [2.24, 2.45) is 32.9 Å². The van der Waals surface area contributed by atoms with Gasteiger partial charge in [-0.25, -0.2) is 14.6 Å². The number of rotatable bonds is 32. The SMILES string of the molecule is CN(CCC(=O)Nc1ccc2cc3ccc(NC(=O)CCN(C)CC(=O)N[C@@H](Cc4ccccc4)C(=O)N[C@@H](CCCN=C(N)N)C(=O)O)cc3[nH+]c2c1)CC(=O)N[C@@H](Cc1ccccc1)C(=O)N[C@@H](CCCN=C(N)N)C(=O)O. The third-order valence-electron chi connectivity index (χ3n) is 12.5. The predicted molar refractivity (Wildman–Crippen MR) is 303 cm³/mol. The average molecular weight is 1100 g/mol. The number of nitrogens with zero attached hydrogens (tertiary/aromatic N) is 4. The highest BCUT2D eigenvalue weighted by molar-refractivity contribution is 5.97. The molecule has 25 nitrogen and oxygen atoms in total. The van der Waals surface area contributed by atoms with Gasteiger partial charge in [0, 0.05) is 86.1 Å². The maximum absolute atomic E-state index is 13.4. The van der Waals surface area contributed by atoms with Crippen LogP contribution in [0.25, 0.3) is 21.8 Å². The number of aromatic nitrogens is 1. The first-order chi connectivity index (χ1) is 38.2. The molecule has 4 atom stereocenters. The first-order valence-corrected chi connectivity index (χ1v) is 25.9. The minimum absolute atomic E-state index is 0.0267. The second-order valence-electron chi connectivity index (χ2n) is 19.3. The van der Waals surface area contributed by atoms with Crippen LogP contribution in [0.1, 0.15) is 49.7 Å². The normalized spacial score (nSPS) is 12.6. The molecule has 17 N–H and O–H groups in total. The number of aliphatic carboxylic acids is 2. The maximum atomic E-state index is 13.4. The Kier molecular flexibility index (Phi) is 24.1. The molecule has 0 saturated heterocycles. The van der Waals surface area contributed by atoms with Crippen molar-refractivity contribution in [2.45, 2.75) is 75.5 Å². The molecular formula is C55H72N15O10+. The van der Waals surface area contributed by atoms with Crippen molar-refractivity contribution in [3.8, 4) is 0 Å². The van der Waals surface area contributed by atoms with Gasteiger partial charge in [0.2, 0.25) is 46.5 Å². The van der Waals surface area contributed by atoms with Gasteiger partial charge in [-0.1, -0.05) is 60.7 Å². The fourth-order valence-corrected chi connectivity index (χ4v) is 8.39. The van der Waals surface area contributed by atoms with Crippen LogP contribution < -0.4 is 59.8 Å². The van der Waals surface area contributed by atoms with E-state index < -0.39 is 59.7 Å². The summed E-state index contributed by atoms with van der Waals surface area (Å²) in [5.74, 6) is -5.74. The van der Waals surface area contributed by atoms with Crippen molar-refractivity contribution in [1.29, 1.82) is 0 Å². The zero-order valence-corrected chi connectivity index (χ0v) is 44.8. The van der Waals surface area contributed by atoms with Crippen molar-refractivity contribution < 1.29 is 53.6 Å². The number of benzene rings is 4. The van der Waals surface area contributed by atoms with Crippen LogP contribution in [0.3, 0.4) is 0 Å². The fraction of sp³-hybridized carbons (Fsp3) is 0.364. The number of anilines is 2. The van der Waals surface area contributed by atoms with Crippen LogP contribution in [0.4, 0.5) is 11.4 Å². The van der Waals surface area contributed by atoms with Crippen LogP contribution in [0, 0.1) is 0 Å². The number of amides is 6. The summed E-state index contributed by atoms with van der Waals surface area (Å²) in [5.41, 5.74) is 25.3. The minimum Gasteiger partial charge on any atom is -0.480 e. The molecule has 1 heterocycles. The van der Waals surface area contributed by atoms with Gasteiger partial charge in [0.05, 0.1) is 13.1 Å². The molecular weight excluding hydrogens is 1030 g/mol. The van der Waals surface area contributed by atoms with E-state index in [0.29, 0.717) is 35.2 Å². The number of carboxylic acid groups (broad SMARTS) is 2. The lowest BCUT2D eigenvalue weighted by Crippen LogP contribution is -2.53. The molecule has 4 aromatic carbocycles. The zero-order chi connectivity index (χ0) is 58.1. The van der Waals surface area contributed by atoms with Gasteiger partial charge < -0.3 is 65.0 Å². The first-order valence-electron chi connectivity index (χ1n) is 25.9. The third kappa shape index (κ3) is 21.7. The highest BCUT2D eigenvalue weighted by Gasteiger charge is 2.29. The van der Waals surface area contributed by atoms with E-state index in [1.807, 2.05) is 30.3 Å². The molecule has 0 spiro atoms. The number of aromatic amines is 1. The Morgan fingerprint density at radius 3 is 1.26 bits per heavy atom. The molecule has 0 fully saturated rings. The van der Waals surface area contributed by atoms with E-state index in [1.54, 1.807) is 96.7 Å². The molecule has 0 unspecified atom stereocenters. The van der Waals surface area contributed by atoms with E-state index in [0.717, 1.165) is 21.9 Å². The number of carboxylic acids is 2. The van der Waals surface area contributed by atoms with Gasteiger partial charge in [0.25, 0.3) is 0 Å². The largest absolute Gasteiger partial charge is 0.480 e. The first kappa shape index (κ1) is 61.6. The van der Waals surface area contributed by atoms with E-state index in [4.69, 9.17) is 22.9 Å². The Balaban J connectivity index is 1.10. The Morgan fingerprint density at radius 2 is 0.900 bits per heavy atom. The average Bonchev–Trinajstić information content (AvgIpc) is 3.40. The van der Waals surface area contributed by atoms with Crippen LogP contribution in [-0.2, 0) is 51.2 Å². The van der Waals surface area contributed by atoms with Crippen LogP contribution in [0.2, 0.25) is 0 Å². The number of carbonyl (C=O) groups excluding carboxylic acids is 6. The van der Waals surface area contributed by atoms with Gasteiger partial charge >= 0.3 is 11.9 Å². The summed E-state index contributed by atoms with van der Waals surface area (Å²) >= 11 is 0. The summed E-state index contributed by atoms with van der Waals surface area (Å²) in [6.07, 6.45) is 0.948. The number of aliphatic imine (C=N–C) groups is 2. The number of fused-ring (bicyclic) bond motifs is 2. The highest BCUT2D eigenvalue weighted by Crippen LogP contribution is 2.23. The number of nitrogens with two attached hydrogens (primary N) is 4. The van der Waals surface area contributed by atoms with E-state index in [1.165, 1.54) is 0 Å². The second-order valence-corrected chi connectivity index (χ2v) is 19.3. The van der Waals surface area contributed by atoms with E-state index >= 15 is 0 Å². The quantitative estimate of drug-likeness (QED) is 0.0117. The Morgan fingerprint density at radius 1 is 0.512 bits per heavy atom. The maximum Gasteiger partial charge on any atom is 0.326 e. The van der Waals surface area contributed by atoms with Gasteiger partial charge in [-0.15, -0.1) is 0 Å². The van der Waals surface area contributed by atoms with Gasteiger partial charge in [-0.05, 0) is 81.2 Å². The number of likely N-dealkylation sites (N-methyl/N-ethyl adjacent to an activating group) is 2. The molecule has 0 aliphatic rings. The topological polar surface area (TPSA) is 399 Å². The molecule has 0 saturated carbocycles. The van der Waals surface area contributed by atoms with Gasteiger partial charge in [-0.2, -0.15) is 0 Å². The smallest absolute Gasteiger partial charge is 0.326 e. The molecule has 80 heavy (non-hydrogen) atoms. The van der Waals surface area contributed by atoms with Crippen LogP contribution in [0.5, 0.6) is 0 Å². The third-order valence-corrected chi connectivity index (χ3v) is 12.5. The fourth-order valence-electron chi connectivity index (χ4n) is 8.39. The summed E-state index contributed by atoms with van der Waals surface area (Å²) in [7, 11) is 3.31. The van der Waals surface area contributed by atoms with Crippen LogP contribution in [0.15, 0.2) is 113 Å². The lowest BCUT2D eigenvalue weighted by atomic mass is 10.0. The molecule has 0 aliphatic carbocycles. The van der Waals surface area contributed by atoms with Crippen molar-refractivity contribution >= 4 is 92.5 Å². The summed E-state index contributed by atoms with van der Waals surface area (Å²) in [6.45, 7) is 0.419. The minimum atomic E-state index is -1.25. The molecule has 426 valence electrons. The molecule has 6 amide bonds. The number of H-pyrrole nitrogens is 1. The van der Waals surface area contributed by atoms with Crippen LogP contribution >= 0.6 is 0 Å². The van der Waals surface area contributed by atoms with E-state index in [2.05, 4.69) is 46.9 Å². The Hall–Kier alpha value is -9.23. The zero-order valence-electron chi connectivity index (χ0n) is 44.8. The number of guanidine groups is 2. The van der Waals surface area contributed by atoms with Gasteiger partial charge in [0.1, 0.15) is 24.2 Å². The number of nitrogens with one attached hydrogen (secondary N) is 7. The van der Waals surface area contributed by atoms with E-state index in [-0.39, 0.29) is 102 Å². The standard InChI is InChI=1S/C55H71N15O10/c1-69(32-48(73)65-44(27-34-11-5-3-6-12-34)50(75)67-40(52(77)78)15-9-23-60-54(56)57)25-21-46(71)62-38-19-17-36-29-37-18-20-39(31-43(37)64-42(36)30-38)63-47(72)22-26-70(2)33-49(74)66-45(28-35-13-7-4-8-14-35)51(76)68-41(53(79)80)16-10-24-61-55(58)59/h3-8,11-14,17-20,29-31,40-41,44-45H,9-10,15-16,21-28,32-33H2,1-2H3,(H,62,71)(H,63,72)(H,65,73)(H,66,74)(H,67,75)(H,68,76)(H,77,78)(H,79,80)(H4,56,57,60)(H4,58,59,61)/p+1/t40-,41-,44-,45-/m0/s1. The number of hydrogen-bond acceptors (Lipinski definition) is 12. The lowest BCUT2D eigenvalue weighted by Gasteiger charge is -2.23. The van der Waals surface area contributed by atoms with Crippen LogP contribution in [-0.4, -0.2) is 157 Å². The summed E-state index contributed by atoms with van der Waals surface area (Å²) in [5, 5.41) is 37.6. The molecule has 0 radical (unpaired) electrons. The lowest BCUT2D eigenvalue weighted by molar-refractivity contribution is -0.310. The highest BCUT2D eigenvalue weighted by atomic mass is 16.4. The van der Waals surface area contributed by atoms with Gasteiger partial charge in [0.15, 0.2) is 11.9 Å². The molecule has 0 bridgehead atoms. The number of carbonyl (C=O) groups is 8. The summed E-state index contributed by atoms with van der Waals surface area (Å²) < 4.78 is 0. The predicted octanol–water partition coefficient (Wildman–Crippen LogP) is 0.0289.